The monoisotopic (exact) mass is 868 g/mol. The third kappa shape index (κ3) is 9.67. The second-order valence-corrected chi connectivity index (χ2v) is 25.5. The number of aliphatic hydroxyl groups is 3. The van der Waals surface area contributed by atoms with Crippen LogP contribution >= 0.6 is 0 Å². The molecule has 0 saturated heterocycles. The maximum absolute atomic E-state index is 14.5. The van der Waals surface area contributed by atoms with Crippen molar-refractivity contribution in [1.29, 1.82) is 0 Å². The fraction of sp³-hybridized carbons (Fsp3) is 0.667. The van der Waals surface area contributed by atoms with Gasteiger partial charge in [0.2, 0.25) is 0 Å². The van der Waals surface area contributed by atoms with Crippen LogP contribution in [0.4, 0.5) is 0 Å². The SMILES string of the molecule is CC(C)(C)C1=CC(C(=O)[O][In]([O]C(=O)C2C=C(C(C)(C)C)C=CC2(O)C(C)(C)C)[O]C(=O)C2C=C(C(C)(C)C)C=CC2(O)C(C)(C)C)C(O)(C(C)(C)C)C=C1. The van der Waals surface area contributed by atoms with Crippen molar-refractivity contribution in [2.24, 2.45) is 50.2 Å². The summed E-state index contributed by atoms with van der Waals surface area (Å²) in [6.45, 7) is 34.1. The summed E-state index contributed by atoms with van der Waals surface area (Å²) < 4.78 is 18.2. The van der Waals surface area contributed by atoms with Crippen LogP contribution in [0.5, 0.6) is 0 Å². The minimum atomic E-state index is -5.17. The molecule has 0 fully saturated rings. The van der Waals surface area contributed by atoms with Gasteiger partial charge in [-0.15, -0.1) is 0 Å². The van der Waals surface area contributed by atoms with E-state index in [1.54, 1.807) is 98.8 Å². The van der Waals surface area contributed by atoms with Crippen LogP contribution < -0.4 is 0 Å². The van der Waals surface area contributed by atoms with E-state index in [-0.39, 0.29) is 16.2 Å². The summed E-state index contributed by atoms with van der Waals surface area (Å²) in [5, 5.41) is 36.3. The number of rotatable bonds is 6. The minimum absolute atomic E-state index is 0.387. The molecule has 6 atom stereocenters. The summed E-state index contributed by atoms with van der Waals surface area (Å²) in [6, 6.07) is 0. The van der Waals surface area contributed by atoms with E-state index in [1.165, 1.54) is 0 Å². The fourth-order valence-electron chi connectivity index (χ4n) is 7.02. The number of hydrogen-bond donors (Lipinski definition) is 3. The fourth-order valence-corrected chi connectivity index (χ4v) is 10.3. The van der Waals surface area contributed by atoms with Crippen molar-refractivity contribution < 1.29 is 38.3 Å². The Kier molecular flexibility index (Phi) is 12.9. The van der Waals surface area contributed by atoms with E-state index in [0.29, 0.717) is 0 Å². The summed E-state index contributed by atoms with van der Waals surface area (Å²) >= 11 is -5.17. The Morgan fingerprint density at radius 2 is 0.655 bits per heavy atom. The molecule has 0 bridgehead atoms. The van der Waals surface area contributed by atoms with Crippen LogP contribution in [-0.2, 0) is 22.9 Å². The van der Waals surface area contributed by atoms with Crippen LogP contribution in [0.3, 0.4) is 0 Å². The second kappa shape index (κ2) is 15.1. The first kappa shape index (κ1) is 47.0. The average Bonchev–Trinajstić information content (AvgIpc) is 2.98. The number of allylic oxidation sites excluding steroid dienone is 6. The molecule has 0 saturated carbocycles. The van der Waals surface area contributed by atoms with E-state index < -0.39 is 91.5 Å². The van der Waals surface area contributed by atoms with Crippen molar-refractivity contribution in [1.82, 2.24) is 0 Å². The number of carbonyl (C=O) groups is 3. The van der Waals surface area contributed by atoms with Gasteiger partial charge in [-0.2, -0.15) is 0 Å². The average molecular weight is 869 g/mol. The van der Waals surface area contributed by atoms with Gasteiger partial charge >= 0.3 is 342 Å². The van der Waals surface area contributed by atoms with Crippen molar-refractivity contribution in [3.63, 3.8) is 0 Å². The molecular weight excluding hydrogens is 799 g/mol. The van der Waals surface area contributed by atoms with Crippen LogP contribution in [0.15, 0.2) is 71.4 Å². The number of carbonyl (C=O) groups excluding carboxylic acids is 3. The van der Waals surface area contributed by atoms with Crippen molar-refractivity contribution in [3.05, 3.63) is 71.4 Å². The van der Waals surface area contributed by atoms with E-state index in [2.05, 4.69) is 0 Å². The quantitative estimate of drug-likeness (QED) is 0.240. The maximum atomic E-state index is 14.5. The zero-order valence-corrected chi connectivity index (χ0v) is 40.1. The summed E-state index contributed by atoms with van der Waals surface area (Å²) in [6.07, 6.45) is 15.3. The molecule has 0 aromatic heterocycles. The van der Waals surface area contributed by atoms with Gasteiger partial charge in [-0.25, -0.2) is 0 Å². The molecule has 0 radical (unpaired) electrons. The van der Waals surface area contributed by atoms with Crippen LogP contribution in [-0.4, -0.2) is 72.8 Å². The second-order valence-electron chi connectivity index (χ2n) is 21.9. The Morgan fingerprint density at radius 3 is 0.818 bits per heavy atom. The molecule has 0 heterocycles. The van der Waals surface area contributed by atoms with E-state index in [0.717, 1.165) is 16.7 Å². The summed E-state index contributed by atoms with van der Waals surface area (Å²) in [5.41, 5.74) is -6.45. The zero-order chi connectivity index (χ0) is 42.8. The standard InChI is InChI=1S/3C15H24O3.In/c3*1-13(2,3)10-7-8-15(18,14(4,5)6)11(9-10)12(16)17;/h3*7-9,11,18H,1-6H3,(H,16,17);/q;;;+3/p-3. The van der Waals surface area contributed by atoms with Gasteiger partial charge in [0.25, 0.3) is 0 Å². The van der Waals surface area contributed by atoms with E-state index in [4.69, 9.17) is 8.56 Å². The molecular formula is C45H69InO9. The van der Waals surface area contributed by atoms with Gasteiger partial charge < -0.3 is 0 Å². The van der Waals surface area contributed by atoms with E-state index in [1.807, 2.05) is 80.5 Å². The van der Waals surface area contributed by atoms with Crippen LogP contribution in [0.25, 0.3) is 0 Å². The zero-order valence-electron chi connectivity index (χ0n) is 36.8. The molecule has 6 unspecified atom stereocenters. The normalized spacial score (nSPS) is 29.2. The first-order chi connectivity index (χ1) is 24.4. The summed E-state index contributed by atoms with van der Waals surface area (Å²) in [7, 11) is 0. The third-order valence-electron chi connectivity index (χ3n) is 11.6. The van der Waals surface area contributed by atoms with Crippen molar-refractivity contribution in [2.75, 3.05) is 0 Å². The molecule has 0 amide bonds. The first-order valence-corrected chi connectivity index (χ1v) is 23.5. The molecule has 3 aliphatic rings. The Bertz CT molecular complexity index is 1500. The molecule has 306 valence electrons. The topological polar surface area (TPSA) is 140 Å². The Labute approximate surface area is 340 Å². The predicted molar refractivity (Wildman–Crippen MR) is 218 cm³/mol. The molecule has 3 aliphatic carbocycles. The van der Waals surface area contributed by atoms with E-state index in [9.17, 15) is 29.7 Å². The van der Waals surface area contributed by atoms with Crippen LogP contribution in [0, 0.1) is 50.2 Å². The molecule has 0 spiro atoms. The predicted octanol–water partition coefficient (Wildman–Crippen LogP) is 8.41. The molecule has 3 rings (SSSR count). The Balaban J connectivity index is 2.20. The van der Waals surface area contributed by atoms with Gasteiger partial charge in [-0.1, -0.05) is 0 Å². The molecule has 0 aromatic rings. The molecule has 0 aromatic carbocycles. The Hall–Kier alpha value is -2.40. The van der Waals surface area contributed by atoms with Crippen molar-refractivity contribution in [2.45, 2.75) is 141 Å². The van der Waals surface area contributed by atoms with Gasteiger partial charge in [0.15, 0.2) is 0 Å². The van der Waals surface area contributed by atoms with Crippen LogP contribution in [0.2, 0.25) is 0 Å². The number of hydrogen-bond acceptors (Lipinski definition) is 9. The van der Waals surface area contributed by atoms with Crippen molar-refractivity contribution in [3.8, 4) is 0 Å². The van der Waals surface area contributed by atoms with E-state index >= 15 is 0 Å². The molecule has 55 heavy (non-hydrogen) atoms. The molecule has 10 heteroatoms. The molecule has 9 nitrogen and oxygen atoms in total. The van der Waals surface area contributed by atoms with Gasteiger partial charge in [0, 0.05) is 0 Å². The molecule has 3 N–H and O–H groups in total. The summed E-state index contributed by atoms with van der Waals surface area (Å²) in [4.78, 5) is 43.4. The van der Waals surface area contributed by atoms with Gasteiger partial charge in [0.05, 0.1) is 0 Å². The van der Waals surface area contributed by atoms with Crippen molar-refractivity contribution >= 4 is 40.7 Å². The third-order valence-corrected chi connectivity index (χ3v) is 15.3. The summed E-state index contributed by atoms with van der Waals surface area (Å²) in [5.74, 6) is -6.45. The van der Waals surface area contributed by atoms with Gasteiger partial charge in [0.1, 0.15) is 0 Å². The Morgan fingerprint density at radius 1 is 0.455 bits per heavy atom. The first-order valence-electron chi connectivity index (χ1n) is 19.4. The van der Waals surface area contributed by atoms with Gasteiger partial charge in [-0.05, 0) is 0 Å². The van der Waals surface area contributed by atoms with Crippen LogP contribution in [0.1, 0.15) is 125 Å². The molecule has 0 aliphatic heterocycles. The van der Waals surface area contributed by atoms with Gasteiger partial charge in [-0.3, -0.25) is 0 Å².